The molecule has 0 atom stereocenters. The Morgan fingerprint density at radius 3 is 2.45 bits per heavy atom. The van der Waals surface area contributed by atoms with Crippen LogP contribution in [0, 0.1) is 10.1 Å². The molecule has 0 spiro atoms. The van der Waals surface area contributed by atoms with E-state index in [1.807, 2.05) is 52.3 Å². The number of nitro groups is 1. The van der Waals surface area contributed by atoms with Gasteiger partial charge in [0.05, 0.1) is 18.1 Å². The topological polar surface area (TPSA) is 75.9 Å². The van der Waals surface area contributed by atoms with Crippen molar-refractivity contribution in [2.45, 2.75) is 0 Å². The minimum Gasteiger partial charge on any atom is -0.496 e. The van der Waals surface area contributed by atoms with Gasteiger partial charge in [-0.25, -0.2) is 0 Å². The van der Waals surface area contributed by atoms with E-state index in [0.717, 1.165) is 10.8 Å². The third-order valence-electron chi connectivity index (χ3n) is 5.31. The number of hydrogen-bond acceptors (Lipinski definition) is 5. The summed E-state index contributed by atoms with van der Waals surface area (Å²) in [5.41, 5.74) is 1.25. The Morgan fingerprint density at radius 2 is 1.72 bits per heavy atom. The van der Waals surface area contributed by atoms with Crippen molar-refractivity contribution in [3.05, 3.63) is 76.3 Å². The van der Waals surface area contributed by atoms with Crippen molar-refractivity contribution in [2.75, 3.05) is 38.2 Å². The predicted molar refractivity (Wildman–Crippen MR) is 112 cm³/mol. The first-order valence-electron chi connectivity index (χ1n) is 9.43. The number of ether oxygens (including phenoxy) is 1. The number of fused-ring (bicyclic) bond motifs is 1. The Labute approximate surface area is 168 Å². The van der Waals surface area contributed by atoms with Crippen LogP contribution in [-0.4, -0.2) is 49.0 Å². The van der Waals surface area contributed by atoms with E-state index in [4.69, 9.17) is 4.74 Å². The van der Waals surface area contributed by atoms with E-state index >= 15 is 0 Å². The minimum absolute atomic E-state index is 0.00863. The van der Waals surface area contributed by atoms with Gasteiger partial charge in [0.1, 0.15) is 11.4 Å². The molecule has 1 fully saturated rings. The van der Waals surface area contributed by atoms with Gasteiger partial charge in [-0.1, -0.05) is 36.4 Å². The van der Waals surface area contributed by atoms with Gasteiger partial charge in [-0.2, -0.15) is 0 Å². The lowest BCUT2D eigenvalue weighted by Gasteiger charge is -2.36. The van der Waals surface area contributed by atoms with Gasteiger partial charge in [0.25, 0.3) is 11.6 Å². The number of rotatable bonds is 4. The Kier molecular flexibility index (Phi) is 5.03. The van der Waals surface area contributed by atoms with Gasteiger partial charge in [-0.05, 0) is 29.0 Å². The number of nitro benzene ring substituents is 1. The minimum atomic E-state index is -0.397. The first kappa shape index (κ1) is 18.7. The third-order valence-corrected chi connectivity index (χ3v) is 5.31. The largest absolute Gasteiger partial charge is 0.496 e. The van der Waals surface area contributed by atoms with Gasteiger partial charge in [-0.3, -0.25) is 14.9 Å². The Bertz CT molecular complexity index is 1070. The van der Waals surface area contributed by atoms with Crippen LogP contribution in [0.3, 0.4) is 0 Å². The van der Waals surface area contributed by atoms with Gasteiger partial charge < -0.3 is 14.5 Å². The van der Waals surface area contributed by atoms with Crippen LogP contribution >= 0.6 is 0 Å². The van der Waals surface area contributed by atoms with Crippen LogP contribution in [0.2, 0.25) is 0 Å². The molecule has 0 unspecified atom stereocenters. The molecule has 0 saturated carbocycles. The summed E-state index contributed by atoms with van der Waals surface area (Å²) in [6, 6.07) is 18.4. The van der Waals surface area contributed by atoms with Crippen LogP contribution in [0.25, 0.3) is 10.8 Å². The molecule has 0 radical (unpaired) electrons. The van der Waals surface area contributed by atoms with E-state index in [0.29, 0.717) is 43.2 Å². The summed E-state index contributed by atoms with van der Waals surface area (Å²) in [6.45, 7) is 2.07. The van der Waals surface area contributed by atoms with Crippen LogP contribution in [0.15, 0.2) is 60.7 Å². The normalized spacial score (nSPS) is 14.1. The maximum Gasteiger partial charge on any atom is 0.296 e. The summed E-state index contributed by atoms with van der Waals surface area (Å²) in [4.78, 5) is 27.9. The Balaban J connectivity index is 1.53. The number of carbonyl (C=O) groups excluding carboxylic acids is 1. The lowest BCUT2D eigenvalue weighted by Crippen LogP contribution is -2.49. The molecule has 3 aromatic carbocycles. The van der Waals surface area contributed by atoms with Gasteiger partial charge in [0.2, 0.25) is 0 Å². The van der Waals surface area contributed by atoms with Crippen molar-refractivity contribution in [3.8, 4) is 5.75 Å². The number of methoxy groups -OCH3 is 1. The van der Waals surface area contributed by atoms with Crippen molar-refractivity contribution >= 4 is 28.1 Å². The van der Waals surface area contributed by atoms with Gasteiger partial charge >= 0.3 is 0 Å². The van der Waals surface area contributed by atoms with Crippen LogP contribution in [0.1, 0.15) is 10.4 Å². The van der Waals surface area contributed by atoms with Gasteiger partial charge in [0.15, 0.2) is 0 Å². The van der Waals surface area contributed by atoms with Crippen molar-refractivity contribution in [1.29, 1.82) is 0 Å². The Hall–Kier alpha value is -3.61. The van der Waals surface area contributed by atoms with E-state index in [9.17, 15) is 14.9 Å². The predicted octanol–water partition coefficient (Wildman–Crippen LogP) is 3.72. The fourth-order valence-corrected chi connectivity index (χ4v) is 3.78. The van der Waals surface area contributed by atoms with E-state index in [1.54, 1.807) is 12.1 Å². The molecule has 0 aromatic heterocycles. The van der Waals surface area contributed by atoms with Gasteiger partial charge in [-0.15, -0.1) is 0 Å². The highest BCUT2D eigenvalue weighted by atomic mass is 16.6. The molecular weight excluding hydrogens is 370 g/mol. The highest BCUT2D eigenvalue weighted by molar-refractivity contribution is 6.07. The fraction of sp³-hybridized carbons (Fsp3) is 0.227. The highest BCUT2D eigenvalue weighted by Gasteiger charge is 2.27. The van der Waals surface area contributed by atoms with Crippen LogP contribution in [0.4, 0.5) is 11.4 Å². The second-order valence-corrected chi connectivity index (χ2v) is 6.92. The first-order valence-corrected chi connectivity index (χ1v) is 9.43. The molecule has 7 nitrogen and oxygen atoms in total. The van der Waals surface area contributed by atoms with E-state index in [1.165, 1.54) is 13.2 Å². The number of amides is 1. The average Bonchev–Trinajstić information content (AvgIpc) is 2.78. The van der Waals surface area contributed by atoms with Crippen molar-refractivity contribution in [3.63, 3.8) is 0 Å². The molecule has 7 heteroatoms. The van der Waals surface area contributed by atoms with Crippen molar-refractivity contribution in [1.82, 2.24) is 4.90 Å². The zero-order valence-electron chi connectivity index (χ0n) is 16.1. The summed E-state index contributed by atoms with van der Waals surface area (Å²) in [5, 5.41) is 13.4. The molecular formula is C22H21N3O4. The molecule has 29 heavy (non-hydrogen) atoms. The smallest absolute Gasteiger partial charge is 0.296 e. The lowest BCUT2D eigenvalue weighted by molar-refractivity contribution is -0.384. The first-order chi connectivity index (χ1) is 14.1. The standard InChI is InChI=1S/C22H21N3O4/c1-29-17-9-10-20(21(15-17)25(27)28)23-11-13-24(14-12-23)22(26)19-8-4-6-16-5-2-3-7-18(16)19/h2-10,15H,11-14H2,1H3. The molecule has 1 saturated heterocycles. The van der Waals surface area contributed by atoms with E-state index in [2.05, 4.69) is 0 Å². The highest BCUT2D eigenvalue weighted by Crippen LogP contribution is 2.33. The van der Waals surface area contributed by atoms with Crippen LogP contribution < -0.4 is 9.64 Å². The molecule has 1 aliphatic rings. The summed E-state index contributed by atoms with van der Waals surface area (Å²) < 4.78 is 5.10. The summed E-state index contributed by atoms with van der Waals surface area (Å²) in [5.74, 6) is 0.441. The molecule has 148 valence electrons. The summed E-state index contributed by atoms with van der Waals surface area (Å²) in [6.07, 6.45) is 0. The number of nitrogens with zero attached hydrogens (tertiary/aromatic N) is 3. The molecule has 3 aromatic rings. The molecule has 1 heterocycles. The number of hydrogen-bond donors (Lipinski definition) is 0. The molecule has 1 aliphatic heterocycles. The monoisotopic (exact) mass is 391 g/mol. The number of carbonyl (C=O) groups is 1. The zero-order chi connectivity index (χ0) is 20.4. The molecule has 1 amide bonds. The zero-order valence-corrected chi connectivity index (χ0v) is 16.1. The summed E-state index contributed by atoms with van der Waals surface area (Å²) in [7, 11) is 1.48. The average molecular weight is 391 g/mol. The van der Waals surface area contributed by atoms with E-state index < -0.39 is 4.92 Å². The second-order valence-electron chi connectivity index (χ2n) is 6.92. The molecule has 0 bridgehead atoms. The van der Waals surface area contributed by atoms with Gasteiger partial charge in [0, 0.05) is 31.7 Å². The van der Waals surface area contributed by atoms with Crippen molar-refractivity contribution < 1.29 is 14.5 Å². The van der Waals surface area contributed by atoms with Crippen molar-refractivity contribution in [2.24, 2.45) is 0 Å². The molecule has 0 aliphatic carbocycles. The maximum absolute atomic E-state index is 13.1. The SMILES string of the molecule is COc1ccc(N2CCN(C(=O)c3cccc4ccccc34)CC2)c([N+](=O)[O-])c1. The summed E-state index contributed by atoms with van der Waals surface area (Å²) >= 11 is 0. The number of benzene rings is 3. The third kappa shape index (κ3) is 3.59. The maximum atomic E-state index is 13.1. The second kappa shape index (κ2) is 7.79. The Morgan fingerprint density at radius 1 is 1.00 bits per heavy atom. The van der Waals surface area contributed by atoms with Crippen LogP contribution in [-0.2, 0) is 0 Å². The number of piperazine rings is 1. The fourth-order valence-electron chi connectivity index (χ4n) is 3.78. The quantitative estimate of drug-likeness (QED) is 0.500. The van der Waals surface area contributed by atoms with Crippen LogP contribution in [0.5, 0.6) is 5.75 Å². The lowest BCUT2D eigenvalue weighted by atomic mass is 10.0. The van der Waals surface area contributed by atoms with E-state index in [-0.39, 0.29) is 11.6 Å². The molecule has 0 N–H and O–H groups in total. The molecule has 4 rings (SSSR count). The number of anilines is 1.